The van der Waals surface area contributed by atoms with E-state index in [0.717, 1.165) is 12.1 Å². The van der Waals surface area contributed by atoms with E-state index in [0.29, 0.717) is 16.8 Å². The smallest absolute Gasteiger partial charge is 0.258 e. The molecule has 0 spiro atoms. The van der Waals surface area contributed by atoms with Gasteiger partial charge in [0.2, 0.25) is 5.91 Å². The quantitative estimate of drug-likeness (QED) is 0.627. The molecule has 144 valence electrons. The second kappa shape index (κ2) is 7.77. The van der Waals surface area contributed by atoms with E-state index in [1.807, 2.05) is 0 Å². The minimum absolute atomic E-state index is 0.0303. The van der Waals surface area contributed by atoms with Crippen LogP contribution in [0.2, 0.25) is 5.02 Å². The molecule has 0 bridgehead atoms. The van der Waals surface area contributed by atoms with Gasteiger partial charge >= 0.3 is 0 Å². The predicted molar refractivity (Wildman–Crippen MR) is 101 cm³/mol. The standard InChI is InChI=1S/C19H15ClF2N4O2/c1-9(15-12(21)6-7-13(22)16(15)20)28-19-17(23)25-8-14(26-19)10-2-4-11(5-3-10)18(24)27/h2-9H,1H3,(H2,23,25)(H2,24,27). The van der Waals surface area contributed by atoms with Crippen molar-refractivity contribution in [2.24, 2.45) is 5.73 Å². The van der Waals surface area contributed by atoms with Crippen LogP contribution in [0.5, 0.6) is 5.88 Å². The van der Waals surface area contributed by atoms with E-state index in [1.165, 1.54) is 13.1 Å². The first kappa shape index (κ1) is 19.5. The summed E-state index contributed by atoms with van der Waals surface area (Å²) in [5.74, 6) is -2.14. The van der Waals surface area contributed by atoms with E-state index >= 15 is 0 Å². The zero-order chi connectivity index (χ0) is 20.4. The third-order valence-electron chi connectivity index (χ3n) is 4.01. The van der Waals surface area contributed by atoms with Gasteiger partial charge in [-0.05, 0) is 31.2 Å². The molecule has 0 saturated carbocycles. The number of hydrogen-bond acceptors (Lipinski definition) is 5. The van der Waals surface area contributed by atoms with Gasteiger partial charge in [0.15, 0.2) is 5.82 Å². The summed E-state index contributed by atoms with van der Waals surface area (Å²) in [6.45, 7) is 1.49. The van der Waals surface area contributed by atoms with E-state index in [1.54, 1.807) is 24.3 Å². The average molecular weight is 405 g/mol. The highest BCUT2D eigenvalue weighted by atomic mass is 35.5. The van der Waals surface area contributed by atoms with Crippen LogP contribution < -0.4 is 16.2 Å². The molecule has 9 heteroatoms. The van der Waals surface area contributed by atoms with Crippen molar-refractivity contribution < 1.29 is 18.3 Å². The minimum atomic E-state index is -0.979. The van der Waals surface area contributed by atoms with Gasteiger partial charge < -0.3 is 16.2 Å². The summed E-state index contributed by atoms with van der Waals surface area (Å²) in [4.78, 5) is 19.5. The highest BCUT2D eigenvalue weighted by Crippen LogP contribution is 2.33. The molecule has 1 aromatic heterocycles. The normalized spacial score (nSPS) is 11.9. The van der Waals surface area contributed by atoms with Crippen LogP contribution in [0.25, 0.3) is 11.3 Å². The molecule has 0 fully saturated rings. The third kappa shape index (κ3) is 3.86. The van der Waals surface area contributed by atoms with Gasteiger partial charge in [-0.25, -0.2) is 18.7 Å². The number of benzene rings is 2. The monoisotopic (exact) mass is 404 g/mol. The Morgan fingerprint density at radius 2 is 1.79 bits per heavy atom. The fourth-order valence-corrected chi connectivity index (χ4v) is 2.86. The van der Waals surface area contributed by atoms with E-state index in [-0.39, 0.29) is 22.3 Å². The van der Waals surface area contributed by atoms with Gasteiger partial charge in [-0.1, -0.05) is 23.7 Å². The first-order chi connectivity index (χ1) is 13.3. The Bertz CT molecular complexity index is 1040. The molecule has 28 heavy (non-hydrogen) atoms. The van der Waals surface area contributed by atoms with Crippen molar-refractivity contribution in [1.82, 2.24) is 9.97 Å². The Morgan fingerprint density at radius 1 is 1.14 bits per heavy atom. The number of nitrogens with two attached hydrogens (primary N) is 2. The first-order valence-electron chi connectivity index (χ1n) is 8.10. The number of hydrogen-bond donors (Lipinski definition) is 2. The average Bonchev–Trinajstić information content (AvgIpc) is 2.67. The molecule has 0 aliphatic carbocycles. The van der Waals surface area contributed by atoms with Crippen molar-refractivity contribution in [3.63, 3.8) is 0 Å². The van der Waals surface area contributed by atoms with Crippen LogP contribution in [0.15, 0.2) is 42.6 Å². The molecule has 2 aromatic carbocycles. The Morgan fingerprint density at radius 3 is 2.43 bits per heavy atom. The molecular weight excluding hydrogens is 390 g/mol. The highest BCUT2D eigenvalue weighted by molar-refractivity contribution is 6.31. The van der Waals surface area contributed by atoms with Gasteiger partial charge in [-0.15, -0.1) is 0 Å². The lowest BCUT2D eigenvalue weighted by molar-refractivity contribution is 0.100. The van der Waals surface area contributed by atoms with Crippen molar-refractivity contribution >= 4 is 23.3 Å². The molecule has 4 N–H and O–H groups in total. The van der Waals surface area contributed by atoms with Crippen LogP contribution in [0.4, 0.5) is 14.6 Å². The summed E-state index contributed by atoms with van der Waals surface area (Å²) in [5.41, 5.74) is 12.2. The Balaban J connectivity index is 1.92. The largest absolute Gasteiger partial charge is 0.467 e. The van der Waals surface area contributed by atoms with Gasteiger partial charge in [0.25, 0.3) is 5.88 Å². The molecule has 3 aromatic rings. The number of primary amides is 1. The Labute approximate surface area is 164 Å². The topological polar surface area (TPSA) is 104 Å². The zero-order valence-corrected chi connectivity index (χ0v) is 15.4. The van der Waals surface area contributed by atoms with Crippen LogP contribution in [-0.4, -0.2) is 15.9 Å². The number of carbonyl (C=O) groups is 1. The van der Waals surface area contributed by atoms with Gasteiger partial charge in [-0.3, -0.25) is 4.79 Å². The van der Waals surface area contributed by atoms with Gasteiger partial charge in [-0.2, -0.15) is 0 Å². The molecule has 0 saturated heterocycles. The van der Waals surface area contributed by atoms with Crippen molar-refractivity contribution in [2.45, 2.75) is 13.0 Å². The van der Waals surface area contributed by atoms with Crippen molar-refractivity contribution in [3.05, 3.63) is 70.4 Å². The van der Waals surface area contributed by atoms with Crippen LogP contribution in [0, 0.1) is 11.6 Å². The third-order valence-corrected chi connectivity index (χ3v) is 4.39. The van der Waals surface area contributed by atoms with Crippen molar-refractivity contribution in [2.75, 3.05) is 5.73 Å². The Hall–Kier alpha value is -3.26. The number of anilines is 1. The van der Waals surface area contributed by atoms with Crippen LogP contribution >= 0.6 is 11.6 Å². The second-order valence-corrected chi connectivity index (χ2v) is 6.28. The molecule has 1 amide bonds. The molecule has 1 heterocycles. The number of nitrogen functional groups attached to an aromatic ring is 1. The number of carbonyl (C=O) groups excluding carboxylic acids is 1. The predicted octanol–water partition coefficient (Wildman–Crippen LogP) is 3.90. The van der Waals surface area contributed by atoms with Gasteiger partial charge in [0.1, 0.15) is 17.7 Å². The minimum Gasteiger partial charge on any atom is -0.467 e. The van der Waals surface area contributed by atoms with Gasteiger partial charge in [0, 0.05) is 16.7 Å². The van der Waals surface area contributed by atoms with Crippen molar-refractivity contribution in [1.29, 1.82) is 0 Å². The van der Waals surface area contributed by atoms with Crippen LogP contribution in [0.1, 0.15) is 28.9 Å². The Kier molecular flexibility index (Phi) is 5.41. The second-order valence-electron chi connectivity index (χ2n) is 5.90. The maximum absolute atomic E-state index is 14.1. The fourth-order valence-electron chi connectivity index (χ4n) is 2.55. The first-order valence-corrected chi connectivity index (χ1v) is 8.48. The molecule has 6 nitrogen and oxygen atoms in total. The SMILES string of the molecule is CC(Oc1nc(-c2ccc(C(N)=O)cc2)cnc1N)c1c(F)ccc(F)c1Cl. The lowest BCUT2D eigenvalue weighted by atomic mass is 10.1. The summed E-state index contributed by atoms with van der Waals surface area (Å²) >= 11 is 5.87. The summed E-state index contributed by atoms with van der Waals surface area (Å²) in [7, 11) is 0. The fraction of sp³-hybridized carbons (Fsp3) is 0.105. The molecule has 0 aliphatic rings. The molecule has 0 radical (unpaired) electrons. The van der Waals surface area contributed by atoms with E-state index < -0.39 is 23.6 Å². The summed E-state index contributed by atoms with van der Waals surface area (Å²) in [6.07, 6.45) is 0.439. The van der Waals surface area contributed by atoms with Crippen LogP contribution in [-0.2, 0) is 0 Å². The number of halogens is 3. The highest BCUT2D eigenvalue weighted by Gasteiger charge is 2.21. The van der Waals surface area contributed by atoms with E-state index in [4.69, 9.17) is 27.8 Å². The molecule has 3 rings (SSSR count). The maximum Gasteiger partial charge on any atom is 0.258 e. The van der Waals surface area contributed by atoms with E-state index in [9.17, 15) is 13.6 Å². The van der Waals surface area contributed by atoms with E-state index in [2.05, 4.69) is 9.97 Å². The summed E-state index contributed by atoms with van der Waals surface area (Å²) in [5, 5.41) is -0.378. The number of rotatable bonds is 5. The maximum atomic E-state index is 14.1. The number of aromatic nitrogens is 2. The molecule has 1 unspecified atom stereocenters. The summed E-state index contributed by atoms with van der Waals surface area (Å²) < 4.78 is 33.4. The number of nitrogens with zero attached hydrogens (tertiary/aromatic N) is 2. The zero-order valence-electron chi connectivity index (χ0n) is 14.6. The lowest BCUT2D eigenvalue weighted by Gasteiger charge is -2.18. The number of ether oxygens (including phenoxy) is 1. The summed E-state index contributed by atoms with van der Waals surface area (Å²) in [6, 6.07) is 8.25. The lowest BCUT2D eigenvalue weighted by Crippen LogP contribution is -2.11. The van der Waals surface area contributed by atoms with Crippen LogP contribution in [0.3, 0.4) is 0 Å². The molecule has 0 aliphatic heterocycles. The molecule has 1 atom stereocenters. The number of amides is 1. The van der Waals surface area contributed by atoms with Crippen molar-refractivity contribution in [3.8, 4) is 17.1 Å². The molecular formula is C19H15ClF2N4O2. The van der Waals surface area contributed by atoms with Gasteiger partial charge in [0.05, 0.1) is 16.9 Å².